The van der Waals surface area contributed by atoms with Crippen molar-refractivity contribution in [2.75, 3.05) is 26.7 Å². The zero-order valence-corrected chi connectivity index (χ0v) is 12.2. The van der Waals surface area contributed by atoms with Crippen LogP contribution in [0.3, 0.4) is 0 Å². The first-order valence-electron chi connectivity index (χ1n) is 6.59. The zero-order chi connectivity index (χ0) is 12.0. The first-order valence-corrected chi connectivity index (χ1v) is 6.59. The van der Waals surface area contributed by atoms with Crippen molar-refractivity contribution in [1.82, 2.24) is 10.2 Å². The Labute approximate surface area is 112 Å². The predicted octanol–water partition coefficient (Wildman–Crippen LogP) is 2.30. The molecule has 1 amide bonds. The van der Waals surface area contributed by atoms with Gasteiger partial charge in [0.1, 0.15) is 0 Å². The van der Waals surface area contributed by atoms with Gasteiger partial charge in [0.25, 0.3) is 0 Å². The molecule has 1 aliphatic rings. The molecule has 0 bridgehead atoms. The Morgan fingerprint density at radius 1 is 1.53 bits per heavy atom. The van der Waals surface area contributed by atoms with Crippen LogP contribution in [0, 0.1) is 11.8 Å². The molecule has 1 heterocycles. The van der Waals surface area contributed by atoms with Crippen LogP contribution >= 0.6 is 12.4 Å². The minimum Gasteiger partial charge on any atom is -0.342 e. The molecule has 17 heavy (non-hydrogen) atoms. The average molecular weight is 263 g/mol. The second-order valence-electron chi connectivity index (χ2n) is 5.15. The van der Waals surface area contributed by atoms with Gasteiger partial charge >= 0.3 is 0 Å². The number of nitrogens with one attached hydrogen (secondary N) is 1. The summed E-state index contributed by atoms with van der Waals surface area (Å²) in [5.74, 6) is 1.57. The molecular formula is C13H27ClN2O. The third-order valence-corrected chi connectivity index (χ3v) is 3.44. The third-order valence-electron chi connectivity index (χ3n) is 3.44. The highest BCUT2D eigenvalue weighted by Crippen LogP contribution is 2.19. The normalized spacial score (nSPS) is 21.1. The Hall–Kier alpha value is -0.280. The largest absolute Gasteiger partial charge is 0.342 e. The van der Waals surface area contributed by atoms with Crippen molar-refractivity contribution < 1.29 is 4.79 Å². The number of amides is 1. The number of likely N-dealkylation sites (tertiary alicyclic amines) is 1. The zero-order valence-electron chi connectivity index (χ0n) is 11.4. The lowest BCUT2D eigenvalue weighted by molar-refractivity contribution is -0.131. The number of rotatable bonds is 6. The van der Waals surface area contributed by atoms with Crippen molar-refractivity contribution in [3.8, 4) is 0 Å². The number of halogens is 1. The Balaban J connectivity index is 0.00000256. The summed E-state index contributed by atoms with van der Waals surface area (Å²) in [5.41, 5.74) is 0. The van der Waals surface area contributed by atoms with Crippen molar-refractivity contribution >= 4 is 18.3 Å². The fourth-order valence-electron chi connectivity index (χ4n) is 2.54. The number of hydrogen-bond acceptors (Lipinski definition) is 2. The lowest BCUT2D eigenvalue weighted by atomic mass is 10.0. The van der Waals surface area contributed by atoms with Crippen molar-refractivity contribution in [2.24, 2.45) is 11.8 Å². The maximum absolute atomic E-state index is 12.0. The average Bonchev–Trinajstić information content (AvgIpc) is 2.67. The van der Waals surface area contributed by atoms with E-state index in [-0.39, 0.29) is 12.4 Å². The van der Waals surface area contributed by atoms with E-state index < -0.39 is 0 Å². The highest BCUT2D eigenvalue weighted by molar-refractivity contribution is 5.85. The summed E-state index contributed by atoms with van der Waals surface area (Å²) in [5, 5.41) is 3.19. The molecular weight excluding hydrogens is 236 g/mol. The van der Waals surface area contributed by atoms with Crippen LogP contribution in [0.1, 0.15) is 39.5 Å². The van der Waals surface area contributed by atoms with E-state index in [9.17, 15) is 4.79 Å². The summed E-state index contributed by atoms with van der Waals surface area (Å²) in [6.07, 6.45) is 4.24. The maximum atomic E-state index is 12.0. The molecule has 1 saturated heterocycles. The fraction of sp³-hybridized carbons (Fsp3) is 0.923. The molecule has 1 fully saturated rings. The molecule has 102 valence electrons. The Bertz CT molecular complexity index is 223. The van der Waals surface area contributed by atoms with Gasteiger partial charge in [0.05, 0.1) is 0 Å². The minimum atomic E-state index is 0. The molecule has 4 heteroatoms. The molecule has 0 aromatic rings. The second-order valence-corrected chi connectivity index (χ2v) is 5.15. The highest BCUT2D eigenvalue weighted by Gasteiger charge is 2.26. The van der Waals surface area contributed by atoms with Gasteiger partial charge in [0.15, 0.2) is 0 Å². The number of nitrogens with zero attached hydrogens (tertiary/aromatic N) is 1. The molecule has 0 spiro atoms. The van der Waals surface area contributed by atoms with Gasteiger partial charge in [0.2, 0.25) is 5.91 Å². The Morgan fingerprint density at radius 3 is 2.82 bits per heavy atom. The van der Waals surface area contributed by atoms with Gasteiger partial charge < -0.3 is 10.2 Å². The van der Waals surface area contributed by atoms with E-state index in [0.717, 1.165) is 32.5 Å². The molecule has 1 aliphatic heterocycles. The van der Waals surface area contributed by atoms with Gasteiger partial charge in [-0.3, -0.25) is 4.79 Å². The first-order chi connectivity index (χ1) is 7.67. The summed E-state index contributed by atoms with van der Waals surface area (Å²) < 4.78 is 0. The lowest BCUT2D eigenvalue weighted by Crippen LogP contribution is -2.31. The quantitative estimate of drug-likeness (QED) is 0.797. The van der Waals surface area contributed by atoms with Crippen molar-refractivity contribution in [3.63, 3.8) is 0 Å². The van der Waals surface area contributed by atoms with E-state index in [4.69, 9.17) is 0 Å². The molecule has 0 aromatic carbocycles. The van der Waals surface area contributed by atoms with Crippen LogP contribution in [0.5, 0.6) is 0 Å². The van der Waals surface area contributed by atoms with Gasteiger partial charge in [-0.2, -0.15) is 0 Å². The molecule has 2 atom stereocenters. The highest BCUT2D eigenvalue weighted by atomic mass is 35.5. The monoisotopic (exact) mass is 262 g/mol. The molecule has 0 aromatic heterocycles. The van der Waals surface area contributed by atoms with Gasteiger partial charge in [-0.05, 0) is 31.8 Å². The van der Waals surface area contributed by atoms with E-state index in [0.29, 0.717) is 17.7 Å². The van der Waals surface area contributed by atoms with Crippen LogP contribution in [0.4, 0.5) is 0 Å². The number of hydrogen-bond donors (Lipinski definition) is 1. The van der Waals surface area contributed by atoms with Gasteiger partial charge in [-0.1, -0.05) is 26.7 Å². The van der Waals surface area contributed by atoms with E-state index in [1.807, 2.05) is 11.9 Å². The predicted molar refractivity (Wildman–Crippen MR) is 74.6 cm³/mol. The van der Waals surface area contributed by atoms with E-state index in [1.165, 1.54) is 12.8 Å². The van der Waals surface area contributed by atoms with Crippen LogP contribution in [-0.4, -0.2) is 37.5 Å². The molecule has 1 N–H and O–H groups in total. The molecule has 0 radical (unpaired) electrons. The van der Waals surface area contributed by atoms with Crippen LogP contribution < -0.4 is 5.32 Å². The summed E-state index contributed by atoms with van der Waals surface area (Å²) in [6.45, 7) is 7.32. The second kappa shape index (κ2) is 8.76. The van der Waals surface area contributed by atoms with Crippen molar-refractivity contribution in [3.05, 3.63) is 0 Å². The smallest absolute Gasteiger partial charge is 0.222 e. The van der Waals surface area contributed by atoms with Crippen LogP contribution in [0.25, 0.3) is 0 Å². The molecule has 0 aliphatic carbocycles. The number of carbonyl (C=O) groups excluding carboxylic acids is 1. The fourth-order valence-corrected chi connectivity index (χ4v) is 2.54. The molecule has 0 saturated carbocycles. The Morgan fingerprint density at radius 2 is 2.24 bits per heavy atom. The number of carbonyl (C=O) groups is 1. The van der Waals surface area contributed by atoms with E-state index in [2.05, 4.69) is 19.2 Å². The molecule has 1 rings (SSSR count). The summed E-state index contributed by atoms with van der Waals surface area (Å²) >= 11 is 0. The standard InChI is InChI=1S/C13H26N2O.ClH/c1-4-5-11(2)8-13(16)15-7-6-12(10-15)9-14-3;/h11-12,14H,4-10H2,1-3H3;1H. The van der Waals surface area contributed by atoms with Gasteiger partial charge in [0, 0.05) is 19.5 Å². The van der Waals surface area contributed by atoms with Crippen LogP contribution in [-0.2, 0) is 4.79 Å². The minimum absolute atomic E-state index is 0. The van der Waals surface area contributed by atoms with Crippen LogP contribution in [0.2, 0.25) is 0 Å². The van der Waals surface area contributed by atoms with Gasteiger partial charge in [-0.25, -0.2) is 0 Å². The summed E-state index contributed by atoms with van der Waals surface area (Å²) in [6, 6.07) is 0. The van der Waals surface area contributed by atoms with Crippen LogP contribution in [0.15, 0.2) is 0 Å². The topological polar surface area (TPSA) is 32.3 Å². The molecule has 3 nitrogen and oxygen atoms in total. The summed E-state index contributed by atoms with van der Waals surface area (Å²) in [7, 11) is 1.98. The molecule has 2 unspecified atom stereocenters. The SMILES string of the molecule is CCCC(C)CC(=O)N1CCC(CNC)C1.Cl. The Kier molecular flexibility index (Phi) is 8.61. The van der Waals surface area contributed by atoms with Gasteiger partial charge in [-0.15, -0.1) is 12.4 Å². The summed E-state index contributed by atoms with van der Waals surface area (Å²) in [4.78, 5) is 14.0. The lowest BCUT2D eigenvalue weighted by Gasteiger charge is -2.19. The maximum Gasteiger partial charge on any atom is 0.222 e. The van der Waals surface area contributed by atoms with Crippen molar-refractivity contribution in [2.45, 2.75) is 39.5 Å². The van der Waals surface area contributed by atoms with E-state index in [1.54, 1.807) is 0 Å². The third kappa shape index (κ3) is 5.73. The first kappa shape index (κ1) is 16.7. The van der Waals surface area contributed by atoms with Crippen molar-refractivity contribution in [1.29, 1.82) is 0 Å². The van der Waals surface area contributed by atoms with E-state index >= 15 is 0 Å².